The van der Waals surface area contributed by atoms with Crippen molar-refractivity contribution in [3.63, 3.8) is 0 Å². The van der Waals surface area contributed by atoms with Crippen molar-refractivity contribution < 1.29 is 41.6 Å². The standard InChI is InChI=1S/C15H25N3O3.C6H12O3S.C6H10O2.2C5H12N2.C5H10O/c1-14(2,3)21-13(20)17(5)9-11-8-12(19)18(16-11)10-15(4)6-7-15;1-6(3-4-6)5-9-10(2,7)8;1-6(3-4-6)5(7)8-2;2*1-5(2-3-5)4-7-6;1-5(4-6)2-3-5/h6-10H2,1-5H3;3-5H2,1-2H3;3-4H2,1-2H3;2*7H,2-4,6H2,1H3;6H,2-4H2,1H3. The molecule has 7 rings (SSSR count). The van der Waals surface area contributed by atoms with Crippen LogP contribution in [-0.2, 0) is 33.4 Å². The van der Waals surface area contributed by atoms with Crippen LogP contribution in [0, 0.1) is 32.5 Å². The highest BCUT2D eigenvalue weighted by Crippen LogP contribution is 2.47. The summed E-state index contributed by atoms with van der Waals surface area (Å²) in [7, 11) is -0.122. The Balaban J connectivity index is 0.000000264. The summed E-state index contributed by atoms with van der Waals surface area (Å²) in [4.78, 5) is 36.0. The third-order valence-electron chi connectivity index (χ3n) is 11.8. The highest BCUT2D eigenvalue weighted by atomic mass is 32.2. The lowest BCUT2D eigenvalue weighted by Gasteiger charge is -2.24. The maximum atomic E-state index is 11.9. The third-order valence-corrected chi connectivity index (χ3v) is 12.4. The molecule has 6 aliphatic carbocycles. The second kappa shape index (κ2) is 21.1. The largest absolute Gasteiger partial charge is 0.469 e. The molecule has 2 amide bonds. The number of ether oxygens (including phenoxy) is 2. The van der Waals surface area contributed by atoms with Gasteiger partial charge in [-0.3, -0.25) is 36.3 Å². The zero-order chi connectivity index (χ0) is 45.1. The van der Waals surface area contributed by atoms with Crippen LogP contribution >= 0.6 is 0 Å². The van der Waals surface area contributed by atoms with Crippen molar-refractivity contribution in [3.05, 3.63) is 0 Å². The second-order valence-electron chi connectivity index (χ2n) is 21.1. The Labute approximate surface area is 355 Å². The average molecular weight is 860 g/mol. The van der Waals surface area contributed by atoms with Gasteiger partial charge in [-0.1, -0.05) is 34.6 Å². The predicted molar refractivity (Wildman–Crippen MR) is 231 cm³/mol. The molecule has 59 heavy (non-hydrogen) atoms. The highest BCUT2D eigenvalue weighted by molar-refractivity contribution is 7.85. The molecule has 0 atom stereocenters. The highest BCUT2D eigenvalue weighted by Gasteiger charge is 2.46. The lowest BCUT2D eigenvalue weighted by atomic mass is 10.1. The number of carbonyl (C=O) groups is 3. The van der Waals surface area contributed by atoms with E-state index < -0.39 is 21.8 Å². The number of hydrazine groups is 2. The maximum Gasteiger partial charge on any atom is 0.410 e. The van der Waals surface area contributed by atoms with E-state index in [1.54, 1.807) is 12.1 Å². The molecule has 7 aliphatic rings. The molecule has 0 unspecified atom stereocenters. The average Bonchev–Trinajstić information content (AvgIpc) is 3.88. The lowest BCUT2D eigenvalue weighted by Crippen LogP contribution is -2.37. The van der Waals surface area contributed by atoms with Crippen LogP contribution in [0.1, 0.15) is 146 Å². The van der Waals surface area contributed by atoms with E-state index in [9.17, 15) is 22.8 Å². The van der Waals surface area contributed by atoms with Crippen molar-refractivity contribution in [1.29, 1.82) is 0 Å². The number of nitrogens with zero attached hydrogens (tertiary/aromatic N) is 3. The van der Waals surface area contributed by atoms with Gasteiger partial charge in [-0.25, -0.2) is 9.80 Å². The van der Waals surface area contributed by atoms with Crippen molar-refractivity contribution in [2.45, 2.75) is 151 Å². The molecular weight excluding hydrogens is 779 g/mol. The summed E-state index contributed by atoms with van der Waals surface area (Å²) in [6, 6.07) is 0. The normalized spacial score (nSPS) is 22.7. The molecule has 1 aliphatic heterocycles. The summed E-state index contributed by atoms with van der Waals surface area (Å²) >= 11 is 0. The van der Waals surface area contributed by atoms with Crippen LogP contribution in [0.25, 0.3) is 0 Å². The molecule has 1 heterocycles. The lowest BCUT2D eigenvalue weighted by molar-refractivity contribution is -0.146. The van der Waals surface area contributed by atoms with Crippen LogP contribution in [0.2, 0.25) is 0 Å². The predicted octanol–water partition coefficient (Wildman–Crippen LogP) is 5.24. The zero-order valence-electron chi connectivity index (χ0n) is 38.6. The molecule has 0 aromatic heterocycles. The van der Waals surface area contributed by atoms with Gasteiger partial charge in [0, 0.05) is 33.3 Å². The van der Waals surface area contributed by atoms with Gasteiger partial charge < -0.3 is 19.5 Å². The molecule has 6 saturated carbocycles. The Bertz CT molecular complexity index is 1500. The Morgan fingerprint density at radius 2 is 1.25 bits per heavy atom. The fourth-order valence-corrected chi connectivity index (χ4v) is 5.54. The number of amides is 2. The number of carbonyl (C=O) groups excluding carboxylic acids is 3. The fourth-order valence-electron chi connectivity index (χ4n) is 5.04. The number of rotatable bonds is 13. The van der Waals surface area contributed by atoms with Crippen LogP contribution in [0.5, 0.6) is 0 Å². The summed E-state index contributed by atoms with van der Waals surface area (Å²) in [5, 5.41) is 14.4. The molecule has 0 saturated heterocycles. The molecule has 17 heteroatoms. The molecule has 0 bridgehead atoms. The number of nitrogens with one attached hydrogen (secondary N) is 2. The van der Waals surface area contributed by atoms with Gasteiger partial charge in [0.05, 0.1) is 44.1 Å². The van der Waals surface area contributed by atoms with Gasteiger partial charge in [-0.15, -0.1) is 0 Å². The molecule has 344 valence electrons. The second-order valence-corrected chi connectivity index (χ2v) is 22.8. The first-order valence-corrected chi connectivity index (χ1v) is 23.0. The number of hydrogen-bond acceptors (Lipinski definition) is 14. The first-order chi connectivity index (χ1) is 27.0. The number of hydrogen-bond donors (Lipinski definition) is 5. The number of methoxy groups -OCH3 is 1. The van der Waals surface area contributed by atoms with Crippen molar-refractivity contribution in [2.75, 3.05) is 59.8 Å². The van der Waals surface area contributed by atoms with E-state index >= 15 is 0 Å². The minimum atomic E-state index is -3.22. The molecule has 0 radical (unpaired) electrons. The van der Waals surface area contributed by atoms with Crippen molar-refractivity contribution >= 4 is 33.8 Å². The van der Waals surface area contributed by atoms with Crippen molar-refractivity contribution in [2.24, 2.45) is 49.3 Å². The van der Waals surface area contributed by atoms with Crippen LogP contribution in [0.3, 0.4) is 0 Å². The topological polar surface area (TPSA) is 228 Å². The quantitative estimate of drug-likeness (QED) is 0.0692. The smallest absolute Gasteiger partial charge is 0.410 e. The SMILES string of the molecule is CC1(CNN)CC1.CC1(CNN)CC1.CC1(CO)CC1.CC1(COS(C)(=O)=O)CC1.CN(CC1=NN(CC2(C)CC2)C(=O)C1)C(=O)OC(C)(C)C.COC(=O)C1(C)CC1. The van der Waals surface area contributed by atoms with Gasteiger partial charge in [0.1, 0.15) is 5.60 Å². The van der Waals surface area contributed by atoms with Crippen LogP contribution in [-0.4, -0.2) is 113 Å². The van der Waals surface area contributed by atoms with E-state index in [2.05, 4.69) is 52.6 Å². The Morgan fingerprint density at radius 1 is 0.814 bits per heavy atom. The monoisotopic (exact) mass is 860 g/mol. The summed E-state index contributed by atoms with van der Waals surface area (Å²) in [6.07, 6.45) is 15.3. The van der Waals surface area contributed by atoms with Gasteiger partial charge >= 0.3 is 12.1 Å². The molecular formula is C42H81N7O9S. The molecule has 7 N–H and O–H groups in total. The van der Waals surface area contributed by atoms with E-state index in [1.807, 2.05) is 34.6 Å². The van der Waals surface area contributed by atoms with E-state index in [-0.39, 0.29) is 28.1 Å². The maximum absolute atomic E-state index is 11.9. The summed E-state index contributed by atoms with van der Waals surface area (Å²) in [5.41, 5.74) is 7.31. The van der Waals surface area contributed by atoms with Gasteiger partial charge in [0.2, 0.25) is 5.91 Å². The Morgan fingerprint density at radius 3 is 1.53 bits per heavy atom. The molecule has 0 aromatic rings. The third kappa shape index (κ3) is 22.8. The molecule has 6 fully saturated rings. The number of aliphatic hydroxyl groups is 1. The van der Waals surface area contributed by atoms with Crippen LogP contribution in [0.4, 0.5) is 4.79 Å². The van der Waals surface area contributed by atoms with Gasteiger partial charge in [-0.2, -0.15) is 13.5 Å². The Kier molecular flexibility index (Phi) is 18.9. The zero-order valence-corrected chi connectivity index (χ0v) is 39.4. The van der Waals surface area contributed by atoms with E-state index in [0.29, 0.717) is 49.0 Å². The fraction of sp³-hybridized carbons (Fsp3) is 0.905. The molecule has 16 nitrogen and oxygen atoms in total. The number of esters is 1. The van der Waals surface area contributed by atoms with Crippen molar-refractivity contribution in [1.82, 2.24) is 20.8 Å². The van der Waals surface area contributed by atoms with E-state index in [0.717, 1.165) is 63.6 Å². The first kappa shape index (κ1) is 52.7. The van der Waals surface area contributed by atoms with Crippen LogP contribution in [0.15, 0.2) is 5.10 Å². The van der Waals surface area contributed by atoms with Crippen LogP contribution < -0.4 is 22.5 Å². The molecule has 0 spiro atoms. The summed E-state index contributed by atoms with van der Waals surface area (Å²) in [6.45, 7) is 21.9. The van der Waals surface area contributed by atoms with Gasteiger partial charge in [-0.05, 0) is 132 Å². The number of nitrogens with two attached hydrogens (primary N) is 2. The summed E-state index contributed by atoms with van der Waals surface area (Å²) in [5.74, 6) is 10.2. The minimum Gasteiger partial charge on any atom is -0.469 e. The minimum absolute atomic E-state index is 0.0238. The number of hydrazone groups is 1. The first-order valence-electron chi connectivity index (χ1n) is 21.2. The van der Waals surface area contributed by atoms with E-state index in [4.69, 9.17) is 21.5 Å². The Hall–Kier alpha value is -2.41. The van der Waals surface area contributed by atoms with E-state index in [1.165, 1.54) is 50.5 Å². The van der Waals surface area contributed by atoms with Gasteiger partial charge in [0.15, 0.2) is 0 Å². The summed E-state index contributed by atoms with van der Waals surface area (Å²) < 4.78 is 35.4. The van der Waals surface area contributed by atoms with Crippen molar-refractivity contribution in [3.8, 4) is 0 Å². The van der Waals surface area contributed by atoms with Gasteiger partial charge in [0.25, 0.3) is 10.1 Å². The number of aliphatic hydroxyl groups excluding tert-OH is 1. The molecule has 0 aromatic carbocycles.